The number of hydrogen-bond acceptors (Lipinski definition) is 2. The molecule has 0 bridgehead atoms. The summed E-state index contributed by atoms with van der Waals surface area (Å²) >= 11 is 0. The standard InChI is InChI=1S/C14H23NO/c1-5-14(10-16-4)15-9-13-7-11(2)6-12(3)8-13/h6-8,14-15H,5,9-10H2,1-4H3. The lowest BCUT2D eigenvalue weighted by Gasteiger charge is -2.16. The van der Waals surface area contributed by atoms with E-state index in [1.807, 2.05) is 0 Å². The van der Waals surface area contributed by atoms with Crippen LogP contribution in [0.2, 0.25) is 0 Å². The summed E-state index contributed by atoms with van der Waals surface area (Å²) in [5.74, 6) is 0. The first kappa shape index (κ1) is 13.2. The third kappa shape index (κ3) is 4.33. The minimum atomic E-state index is 0.450. The maximum atomic E-state index is 5.17. The summed E-state index contributed by atoms with van der Waals surface area (Å²) in [7, 11) is 1.75. The molecule has 0 aromatic heterocycles. The average Bonchev–Trinajstić information content (AvgIpc) is 2.23. The molecule has 16 heavy (non-hydrogen) atoms. The molecular weight excluding hydrogens is 198 g/mol. The van der Waals surface area contributed by atoms with E-state index in [-0.39, 0.29) is 0 Å². The van der Waals surface area contributed by atoms with E-state index in [2.05, 4.69) is 44.3 Å². The molecule has 0 aliphatic heterocycles. The lowest BCUT2D eigenvalue weighted by molar-refractivity contribution is 0.164. The van der Waals surface area contributed by atoms with Gasteiger partial charge in [0, 0.05) is 19.7 Å². The predicted molar refractivity (Wildman–Crippen MR) is 68.7 cm³/mol. The zero-order chi connectivity index (χ0) is 12.0. The van der Waals surface area contributed by atoms with Gasteiger partial charge in [-0.15, -0.1) is 0 Å². The van der Waals surface area contributed by atoms with Crippen LogP contribution in [0.3, 0.4) is 0 Å². The summed E-state index contributed by atoms with van der Waals surface area (Å²) in [5, 5.41) is 3.52. The van der Waals surface area contributed by atoms with Gasteiger partial charge in [0.1, 0.15) is 0 Å². The van der Waals surface area contributed by atoms with Crippen molar-refractivity contribution in [3.05, 3.63) is 34.9 Å². The molecular formula is C14H23NO. The van der Waals surface area contributed by atoms with Gasteiger partial charge < -0.3 is 10.1 Å². The summed E-state index contributed by atoms with van der Waals surface area (Å²) in [6.07, 6.45) is 1.10. The topological polar surface area (TPSA) is 21.3 Å². The van der Waals surface area contributed by atoms with Crippen LogP contribution in [0.25, 0.3) is 0 Å². The molecule has 0 saturated heterocycles. The Kier molecular flexibility index (Phi) is 5.50. The summed E-state index contributed by atoms with van der Waals surface area (Å²) in [6, 6.07) is 7.13. The molecule has 90 valence electrons. The van der Waals surface area contributed by atoms with Gasteiger partial charge in [0.15, 0.2) is 0 Å². The third-order valence-corrected chi connectivity index (χ3v) is 2.74. The zero-order valence-corrected chi connectivity index (χ0v) is 10.8. The van der Waals surface area contributed by atoms with Gasteiger partial charge in [-0.3, -0.25) is 0 Å². The molecule has 1 N–H and O–H groups in total. The summed E-state index contributed by atoms with van der Waals surface area (Å²) in [4.78, 5) is 0. The minimum absolute atomic E-state index is 0.450. The van der Waals surface area contributed by atoms with Crippen LogP contribution in [-0.4, -0.2) is 19.8 Å². The van der Waals surface area contributed by atoms with Crippen LogP contribution < -0.4 is 5.32 Å². The van der Waals surface area contributed by atoms with Crippen LogP contribution >= 0.6 is 0 Å². The average molecular weight is 221 g/mol. The Bertz CT molecular complexity index is 302. The van der Waals surface area contributed by atoms with E-state index in [1.165, 1.54) is 16.7 Å². The fourth-order valence-electron chi connectivity index (χ4n) is 1.96. The molecule has 1 rings (SSSR count). The Morgan fingerprint density at radius 1 is 1.19 bits per heavy atom. The van der Waals surface area contributed by atoms with Crippen LogP contribution in [-0.2, 0) is 11.3 Å². The first-order valence-electron chi connectivity index (χ1n) is 5.95. The largest absolute Gasteiger partial charge is 0.383 e. The monoisotopic (exact) mass is 221 g/mol. The number of methoxy groups -OCH3 is 1. The third-order valence-electron chi connectivity index (χ3n) is 2.74. The van der Waals surface area contributed by atoms with Crippen LogP contribution in [0.1, 0.15) is 30.0 Å². The van der Waals surface area contributed by atoms with Gasteiger partial charge in [0.25, 0.3) is 0 Å². The van der Waals surface area contributed by atoms with E-state index >= 15 is 0 Å². The van der Waals surface area contributed by atoms with Crippen LogP contribution in [0, 0.1) is 13.8 Å². The number of aryl methyl sites for hydroxylation is 2. The van der Waals surface area contributed by atoms with Gasteiger partial charge in [-0.2, -0.15) is 0 Å². The van der Waals surface area contributed by atoms with Gasteiger partial charge >= 0.3 is 0 Å². The van der Waals surface area contributed by atoms with Crippen molar-refractivity contribution in [1.29, 1.82) is 0 Å². The Hall–Kier alpha value is -0.860. The molecule has 0 spiro atoms. The van der Waals surface area contributed by atoms with Crippen LogP contribution in [0.4, 0.5) is 0 Å². The highest BCUT2D eigenvalue weighted by molar-refractivity contribution is 5.28. The lowest BCUT2D eigenvalue weighted by atomic mass is 10.1. The normalized spacial score (nSPS) is 12.8. The number of ether oxygens (including phenoxy) is 1. The molecule has 0 radical (unpaired) electrons. The van der Waals surface area contributed by atoms with Gasteiger partial charge in [-0.25, -0.2) is 0 Å². The number of benzene rings is 1. The molecule has 1 aromatic rings. The molecule has 1 unspecified atom stereocenters. The second kappa shape index (κ2) is 6.66. The van der Waals surface area contributed by atoms with Gasteiger partial charge in [0.2, 0.25) is 0 Å². The van der Waals surface area contributed by atoms with E-state index in [0.717, 1.165) is 19.6 Å². The second-order valence-electron chi connectivity index (χ2n) is 4.44. The molecule has 0 heterocycles. The minimum Gasteiger partial charge on any atom is -0.383 e. The molecule has 1 aromatic carbocycles. The Labute approximate surface area is 99.0 Å². The van der Waals surface area contributed by atoms with Crippen LogP contribution in [0.15, 0.2) is 18.2 Å². The maximum absolute atomic E-state index is 5.17. The van der Waals surface area contributed by atoms with Crippen molar-refractivity contribution in [2.45, 2.75) is 39.8 Å². The molecule has 1 atom stereocenters. The Balaban J connectivity index is 2.52. The highest BCUT2D eigenvalue weighted by atomic mass is 16.5. The highest BCUT2D eigenvalue weighted by Crippen LogP contribution is 2.09. The van der Waals surface area contributed by atoms with E-state index in [1.54, 1.807) is 7.11 Å². The summed E-state index contributed by atoms with van der Waals surface area (Å²) in [6.45, 7) is 8.16. The SMILES string of the molecule is CCC(COC)NCc1cc(C)cc(C)c1. The summed E-state index contributed by atoms with van der Waals surface area (Å²) in [5.41, 5.74) is 4.01. The van der Waals surface area contributed by atoms with E-state index in [4.69, 9.17) is 4.74 Å². The van der Waals surface area contributed by atoms with Gasteiger partial charge in [0.05, 0.1) is 6.61 Å². The Morgan fingerprint density at radius 2 is 1.81 bits per heavy atom. The molecule has 0 aliphatic rings. The van der Waals surface area contributed by atoms with E-state index < -0.39 is 0 Å². The van der Waals surface area contributed by atoms with E-state index in [0.29, 0.717) is 6.04 Å². The molecule has 0 saturated carbocycles. The molecule has 0 fully saturated rings. The molecule has 0 aliphatic carbocycles. The fourth-order valence-corrected chi connectivity index (χ4v) is 1.96. The quantitative estimate of drug-likeness (QED) is 0.797. The smallest absolute Gasteiger partial charge is 0.0615 e. The van der Waals surface area contributed by atoms with Crippen molar-refractivity contribution >= 4 is 0 Å². The van der Waals surface area contributed by atoms with Crippen molar-refractivity contribution in [3.63, 3.8) is 0 Å². The highest BCUT2D eigenvalue weighted by Gasteiger charge is 2.04. The van der Waals surface area contributed by atoms with Crippen molar-refractivity contribution in [2.24, 2.45) is 0 Å². The van der Waals surface area contributed by atoms with Crippen molar-refractivity contribution in [2.75, 3.05) is 13.7 Å². The molecule has 2 nitrogen and oxygen atoms in total. The maximum Gasteiger partial charge on any atom is 0.0615 e. The van der Waals surface area contributed by atoms with Crippen molar-refractivity contribution in [1.82, 2.24) is 5.32 Å². The van der Waals surface area contributed by atoms with E-state index in [9.17, 15) is 0 Å². The van der Waals surface area contributed by atoms with Gasteiger partial charge in [-0.05, 0) is 25.8 Å². The zero-order valence-electron chi connectivity index (χ0n) is 10.8. The van der Waals surface area contributed by atoms with Crippen molar-refractivity contribution in [3.8, 4) is 0 Å². The summed E-state index contributed by atoms with van der Waals surface area (Å²) < 4.78 is 5.17. The number of nitrogens with one attached hydrogen (secondary N) is 1. The number of rotatable bonds is 6. The molecule has 0 amide bonds. The van der Waals surface area contributed by atoms with Crippen LogP contribution in [0.5, 0.6) is 0 Å². The first-order chi connectivity index (χ1) is 7.65. The van der Waals surface area contributed by atoms with Crippen molar-refractivity contribution < 1.29 is 4.74 Å². The number of hydrogen-bond donors (Lipinski definition) is 1. The first-order valence-corrected chi connectivity index (χ1v) is 5.95. The lowest BCUT2D eigenvalue weighted by Crippen LogP contribution is -2.32. The predicted octanol–water partition coefficient (Wildman–Crippen LogP) is 2.82. The molecule has 2 heteroatoms. The Morgan fingerprint density at radius 3 is 2.31 bits per heavy atom. The fraction of sp³-hybridized carbons (Fsp3) is 0.571. The van der Waals surface area contributed by atoms with Gasteiger partial charge in [-0.1, -0.05) is 36.2 Å². The second-order valence-corrected chi connectivity index (χ2v) is 4.44.